The molecule has 108 valence electrons. The van der Waals surface area contributed by atoms with E-state index in [-0.39, 0.29) is 6.04 Å². The Morgan fingerprint density at radius 1 is 1.26 bits per heavy atom. The highest BCUT2D eigenvalue weighted by atomic mass is 32.2. The molecule has 5 nitrogen and oxygen atoms in total. The summed E-state index contributed by atoms with van der Waals surface area (Å²) in [5, 5.41) is 3.27. The quantitative estimate of drug-likeness (QED) is 0.693. The van der Waals surface area contributed by atoms with Crippen molar-refractivity contribution in [3.05, 3.63) is 29.8 Å². The third-order valence-electron chi connectivity index (χ3n) is 2.70. The summed E-state index contributed by atoms with van der Waals surface area (Å²) < 4.78 is 29.5. The monoisotopic (exact) mass is 286 g/mol. The van der Waals surface area contributed by atoms with Gasteiger partial charge in [-0.2, -0.15) is 0 Å². The van der Waals surface area contributed by atoms with Crippen LogP contribution in [0.5, 0.6) is 5.75 Å². The number of sulfonamides is 1. The molecular weight excluding hydrogens is 264 g/mol. The van der Waals surface area contributed by atoms with E-state index >= 15 is 0 Å². The van der Waals surface area contributed by atoms with E-state index in [1.807, 2.05) is 24.3 Å². The number of ether oxygens (including phenoxy) is 1. The minimum Gasteiger partial charge on any atom is -0.496 e. The largest absolute Gasteiger partial charge is 0.496 e. The fourth-order valence-electron chi connectivity index (χ4n) is 1.83. The Morgan fingerprint density at radius 2 is 1.95 bits per heavy atom. The van der Waals surface area contributed by atoms with Gasteiger partial charge in [-0.25, -0.2) is 13.1 Å². The van der Waals surface area contributed by atoms with Crippen molar-refractivity contribution in [2.75, 3.05) is 26.5 Å². The Bertz CT molecular complexity index is 488. The number of para-hydroxylation sites is 1. The van der Waals surface area contributed by atoms with Gasteiger partial charge in [-0.1, -0.05) is 18.2 Å². The molecule has 0 aliphatic carbocycles. The lowest BCUT2D eigenvalue weighted by molar-refractivity contribution is 0.406. The van der Waals surface area contributed by atoms with Gasteiger partial charge in [-0.15, -0.1) is 0 Å². The summed E-state index contributed by atoms with van der Waals surface area (Å²) in [4.78, 5) is 0. The molecule has 0 saturated carbocycles. The second kappa shape index (κ2) is 7.47. The van der Waals surface area contributed by atoms with E-state index in [2.05, 4.69) is 17.0 Å². The van der Waals surface area contributed by atoms with Crippen LogP contribution in [0.25, 0.3) is 0 Å². The molecule has 0 aliphatic heterocycles. The SMILES string of the molecule is COc1ccccc1CC(C)NCCNS(C)(=O)=O. The molecule has 2 N–H and O–H groups in total. The fraction of sp³-hybridized carbons (Fsp3) is 0.538. The van der Waals surface area contributed by atoms with E-state index in [4.69, 9.17) is 4.74 Å². The molecule has 1 unspecified atom stereocenters. The summed E-state index contributed by atoms with van der Waals surface area (Å²) in [5.74, 6) is 0.880. The van der Waals surface area contributed by atoms with Crippen molar-refractivity contribution in [3.63, 3.8) is 0 Å². The van der Waals surface area contributed by atoms with Crippen molar-refractivity contribution in [2.45, 2.75) is 19.4 Å². The zero-order chi connectivity index (χ0) is 14.3. The van der Waals surface area contributed by atoms with E-state index in [1.165, 1.54) is 0 Å². The molecule has 1 aromatic carbocycles. The lowest BCUT2D eigenvalue weighted by Gasteiger charge is -2.15. The Balaban J connectivity index is 2.37. The predicted octanol–water partition coefficient (Wildman–Crippen LogP) is 0.765. The van der Waals surface area contributed by atoms with Crippen LogP contribution >= 0.6 is 0 Å². The van der Waals surface area contributed by atoms with Gasteiger partial charge in [0, 0.05) is 19.1 Å². The molecule has 0 saturated heterocycles. The molecule has 0 radical (unpaired) electrons. The molecule has 0 spiro atoms. The van der Waals surface area contributed by atoms with Crippen LogP contribution in [0, 0.1) is 0 Å². The van der Waals surface area contributed by atoms with E-state index in [0.29, 0.717) is 13.1 Å². The first kappa shape index (κ1) is 15.9. The minimum atomic E-state index is -3.10. The maximum absolute atomic E-state index is 10.9. The summed E-state index contributed by atoms with van der Waals surface area (Å²) in [6.45, 7) is 3.06. The van der Waals surface area contributed by atoms with E-state index < -0.39 is 10.0 Å². The number of benzene rings is 1. The summed E-state index contributed by atoms with van der Waals surface area (Å²) in [6.07, 6.45) is 1.99. The standard InChI is InChI=1S/C13H22N2O3S/c1-11(14-8-9-15-19(3,16)17)10-12-6-4-5-7-13(12)18-2/h4-7,11,14-15H,8-10H2,1-3H3. The summed E-state index contributed by atoms with van der Waals surface area (Å²) >= 11 is 0. The number of hydrogen-bond donors (Lipinski definition) is 2. The molecular formula is C13H22N2O3S. The van der Waals surface area contributed by atoms with Crippen LogP contribution in [0.2, 0.25) is 0 Å². The third-order valence-corrected chi connectivity index (χ3v) is 3.43. The van der Waals surface area contributed by atoms with Crippen molar-refractivity contribution in [3.8, 4) is 5.75 Å². The highest BCUT2D eigenvalue weighted by Crippen LogP contribution is 2.18. The first-order chi connectivity index (χ1) is 8.92. The van der Waals surface area contributed by atoms with Crippen LogP contribution in [0.1, 0.15) is 12.5 Å². The van der Waals surface area contributed by atoms with Gasteiger partial charge >= 0.3 is 0 Å². The van der Waals surface area contributed by atoms with Crippen molar-refractivity contribution in [1.82, 2.24) is 10.0 Å². The van der Waals surface area contributed by atoms with Crippen molar-refractivity contribution in [2.24, 2.45) is 0 Å². The normalized spacial score (nSPS) is 13.2. The first-order valence-electron chi connectivity index (χ1n) is 6.22. The number of methoxy groups -OCH3 is 1. The molecule has 0 aromatic heterocycles. The van der Waals surface area contributed by atoms with Gasteiger partial charge in [0.1, 0.15) is 5.75 Å². The number of rotatable bonds is 8. The minimum absolute atomic E-state index is 0.248. The number of hydrogen-bond acceptors (Lipinski definition) is 4. The van der Waals surface area contributed by atoms with E-state index in [9.17, 15) is 8.42 Å². The molecule has 0 heterocycles. The molecule has 1 rings (SSSR count). The highest BCUT2D eigenvalue weighted by molar-refractivity contribution is 7.88. The first-order valence-corrected chi connectivity index (χ1v) is 8.11. The van der Waals surface area contributed by atoms with Crippen LogP contribution in [0.15, 0.2) is 24.3 Å². The van der Waals surface area contributed by atoms with Gasteiger partial charge < -0.3 is 10.1 Å². The molecule has 0 amide bonds. The van der Waals surface area contributed by atoms with E-state index in [0.717, 1.165) is 24.0 Å². The second-order valence-electron chi connectivity index (χ2n) is 4.54. The smallest absolute Gasteiger partial charge is 0.208 e. The van der Waals surface area contributed by atoms with Gasteiger partial charge in [0.25, 0.3) is 0 Å². The van der Waals surface area contributed by atoms with E-state index in [1.54, 1.807) is 7.11 Å². The average molecular weight is 286 g/mol. The lowest BCUT2D eigenvalue weighted by atomic mass is 10.1. The maximum atomic E-state index is 10.9. The molecule has 0 fully saturated rings. The van der Waals surface area contributed by atoms with Gasteiger partial charge in [0.05, 0.1) is 13.4 Å². The summed E-state index contributed by atoms with van der Waals surface area (Å²) in [5.41, 5.74) is 1.14. The van der Waals surface area contributed by atoms with Crippen LogP contribution in [-0.2, 0) is 16.4 Å². The maximum Gasteiger partial charge on any atom is 0.208 e. The van der Waals surface area contributed by atoms with Gasteiger partial charge in [0.2, 0.25) is 10.0 Å². The highest BCUT2D eigenvalue weighted by Gasteiger charge is 2.07. The lowest BCUT2D eigenvalue weighted by Crippen LogP contribution is -2.36. The molecule has 1 atom stereocenters. The molecule has 6 heteroatoms. The Morgan fingerprint density at radius 3 is 2.58 bits per heavy atom. The Labute approximate surface area is 115 Å². The molecule has 1 aromatic rings. The van der Waals surface area contributed by atoms with Crippen molar-refractivity contribution in [1.29, 1.82) is 0 Å². The average Bonchev–Trinajstić information content (AvgIpc) is 2.34. The Kier molecular flexibility index (Phi) is 6.27. The number of nitrogens with one attached hydrogen (secondary N) is 2. The zero-order valence-electron chi connectivity index (χ0n) is 11.6. The van der Waals surface area contributed by atoms with Crippen LogP contribution < -0.4 is 14.8 Å². The molecule has 19 heavy (non-hydrogen) atoms. The Hall–Kier alpha value is -1.11. The zero-order valence-corrected chi connectivity index (χ0v) is 12.5. The van der Waals surface area contributed by atoms with Crippen LogP contribution in [0.3, 0.4) is 0 Å². The topological polar surface area (TPSA) is 67.4 Å². The predicted molar refractivity (Wildman–Crippen MR) is 77.0 cm³/mol. The van der Waals surface area contributed by atoms with Gasteiger partial charge in [-0.05, 0) is 25.0 Å². The molecule has 0 aliphatic rings. The second-order valence-corrected chi connectivity index (χ2v) is 6.37. The fourth-order valence-corrected chi connectivity index (χ4v) is 2.30. The summed E-state index contributed by atoms with van der Waals surface area (Å²) in [7, 11) is -1.44. The van der Waals surface area contributed by atoms with Gasteiger partial charge in [-0.3, -0.25) is 0 Å². The summed E-state index contributed by atoms with van der Waals surface area (Å²) in [6, 6.07) is 8.14. The van der Waals surface area contributed by atoms with Crippen LogP contribution in [0.4, 0.5) is 0 Å². The van der Waals surface area contributed by atoms with Crippen molar-refractivity contribution < 1.29 is 13.2 Å². The van der Waals surface area contributed by atoms with Crippen LogP contribution in [-0.4, -0.2) is 40.9 Å². The van der Waals surface area contributed by atoms with Crippen molar-refractivity contribution >= 4 is 10.0 Å². The molecule has 0 bridgehead atoms. The third kappa shape index (κ3) is 6.56. The van der Waals surface area contributed by atoms with Gasteiger partial charge in [0.15, 0.2) is 0 Å².